The summed E-state index contributed by atoms with van der Waals surface area (Å²) in [6, 6.07) is 8.32. The van der Waals surface area contributed by atoms with Crippen LogP contribution < -0.4 is 5.73 Å². The molecule has 1 aromatic carbocycles. The number of aryl methyl sites for hydroxylation is 3. The molecule has 25 heavy (non-hydrogen) atoms. The Bertz CT molecular complexity index is 1000. The minimum atomic E-state index is -0.396. The lowest BCUT2D eigenvalue weighted by molar-refractivity contribution is 0.1000. The van der Waals surface area contributed by atoms with E-state index in [1.807, 2.05) is 13.0 Å². The number of carbonyl (C=O) groups is 1. The van der Waals surface area contributed by atoms with Crippen molar-refractivity contribution in [1.82, 2.24) is 4.98 Å². The van der Waals surface area contributed by atoms with Gasteiger partial charge in [-0.05, 0) is 50.2 Å². The quantitative estimate of drug-likeness (QED) is 0.721. The normalized spacial score (nSPS) is 16.8. The summed E-state index contributed by atoms with van der Waals surface area (Å²) in [5.41, 5.74) is 11.7. The molecule has 1 aliphatic carbocycles. The van der Waals surface area contributed by atoms with Crippen LogP contribution >= 0.6 is 11.3 Å². The standard InChI is InChI=1S/C21H22N2OS/c1-11-5-4-6-14(9-11)18-17(20(22)24)13(3)23-21-19(18)15-8-7-12(2)10-16(15)25-21/h4-6,9,12H,7-8,10H2,1-3H3,(H2,22,24). The summed E-state index contributed by atoms with van der Waals surface area (Å²) >= 11 is 1.79. The average molecular weight is 350 g/mol. The molecule has 1 unspecified atom stereocenters. The third-order valence-electron chi connectivity index (χ3n) is 5.18. The lowest BCUT2D eigenvalue weighted by Crippen LogP contribution is -2.16. The number of amides is 1. The van der Waals surface area contributed by atoms with Crippen molar-refractivity contribution < 1.29 is 4.79 Å². The van der Waals surface area contributed by atoms with Crippen molar-refractivity contribution in [3.8, 4) is 11.1 Å². The molecule has 3 nitrogen and oxygen atoms in total. The van der Waals surface area contributed by atoms with Crippen molar-refractivity contribution in [3.63, 3.8) is 0 Å². The Morgan fingerprint density at radius 3 is 2.84 bits per heavy atom. The number of aromatic nitrogens is 1. The van der Waals surface area contributed by atoms with Crippen LogP contribution in [0.3, 0.4) is 0 Å². The third-order valence-corrected chi connectivity index (χ3v) is 6.33. The van der Waals surface area contributed by atoms with Crippen LogP contribution in [0.25, 0.3) is 21.3 Å². The second-order valence-electron chi connectivity index (χ2n) is 7.21. The SMILES string of the molecule is Cc1cccc(-c2c(C(N)=O)c(C)nc3sc4c(c23)CCC(C)C4)c1. The van der Waals surface area contributed by atoms with E-state index in [1.165, 1.54) is 22.4 Å². The number of benzene rings is 1. The fraction of sp³-hybridized carbons (Fsp3) is 0.333. The molecule has 1 atom stereocenters. The summed E-state index contributed by atoms with van der Waals surface area (Å²) < 4.78 is 0. The van der Waals surface area contributed by atoms with Gasteiger partial charge in [-0.3, -0.25) is 4.79 Å². The molecule has 128 valence electrons. The number of rotatable bonds is 2. The summed E-state index contributed by atoms with van der Waals surface area (Å²) in [5.74, 6) is 0.312. The Morgan fingerprint density at radius 1 is 1.32 bits per heavy atom. The number of fused-ring (bicyclic) bond motifs is 3. The van der Waals surface area contributed by atoms with Gasteiger partial charge < -0.3 is 5.73 Å². The highest BCUT2D eigenvalue weighted by atomic mass is 32.1. The van der Waals surface area contributed by atoms with Gasteiger partial charge in [-0.25, -0.2) is 4.98 Å². The summed E-state index contributed by atoms with van der Waals surface area (Å²) in [5, 5.41) is 1.15. The molecule has 1 amide bonds. The molecule has 0 spiro atoms. The van der Waals surface area contributed by atoms with Gasteiger partial charge in [0.1, 0.15) is 4.83 Å². The van der Waals surface area contributed by atoms with Crippen molar-refractivity contribution in [1.29, 1.82) is 0 Å². The van der Waals surface area contributed by atoms with E-state index in [4.69, 9.17) is 10.7 Å². The highest BCUT2D eigenvalue weighted by Gasteiger charge is 2.27. The number of hydrogen-bond acceptors (Lipinski definition) is 3. The van der Waals surface area contributed by atoms with Crippen LogP contribution in [-0.4, -0.2) is 10.9 Å². The lowest BCUT2D eigenvalue weighted by Gasteiger charge is -2.19. The topological polar surface area (TPSA) is 56.0 Å². The maximum atomic E-state index is 12.3. The first-order chi connectivity index (χ1) is 12.0. The monoisotopic (exact) mass is 350 g/mol. The van der Waals surface area contributed by atoms with E-state index in [-0.39, 0.29) is 0 Å². The van der Waals surface area contributed by atoms with Crippen molar-refractivity contribution in [3.05, 3.63) is 51.5 Å². The largest absolute Gasteiger partial charge is 0.366 e. The number of nitrogens with zero attached hydrogens (tertiary/aromatic N) is 1. The van der Waals surface area contributed by atoms with E-state index < -0.39 is 5.91 Å². The zero-order valence-corrected chi connectivity index (χ0v) is 15.7. The molecule has 0 fully saturated rings. The molecule has 2 aromatic heterocycles. The maximum Gasteiger partial charge on any atom is 0.251 e. The number of hydrogen-bond donors (Lipinski definition) is 1. The molecule has 2 N–H and O–H groups in total. The summed E-state index contributed by atoms with van der Waals surface area (Å²) in [6.07, 6.45) is 3.35. The zero-order valence-electron chi connectivity index (χ0n) is 14.8. The van der Waals surface area contributed by atoms with E-state index in [9.17, 15) is 4.79 Å². The van der Waals surface area contributed by atoms with Crippen LogP contribution in [0.1, 0.15) is 45.4 Å². The summed E-state index contributed by atoms with van der Waals surface area (Å²) in [4.78, 5) is 19.5. The first kappa shape index (κ1) is 16.3. The van der Waals surface area contributed by atoms with E-state index in [2.05, 4.69) is 32.0 Å². The molecule has 0 saturated heterocycles. The van der Waals surface area contributed by atoms with Crippen LogP contribution in [0.15, 0.2) is 24.3 Å². The van der Waals surface area contributed by atoms with Gasteiger partial charge in [0.15, 0.2) is 0 Å². The lowest BCUT2D eigenvalue weighted by atomic mass is 9.86. The van der Waals surface area contributed by atoms with Gasteiger partial charge in [0.25, 0.3) is 5.91 Å². The molecule has 0 aliphatic heterocycles. The minimum absolute atomic E-state index is 0.396. The molecule has 4 rings (SSSR count). The third kappa shape index (κ3) is 2.65. The van der Waals surface area contributed by atoms with Crippen LogP contribution in [0.2, 0.25) is 0 Å². The van der Waals surface area contributed by atoms with Gasteiger partial charge in [0.05, 0.1) is 11.3 Å². The Kier molecular flexibility index (Phi) is 3.88. The first-order valence-corrected chi connectivity index (χ1v) is 9.59. The van der Waals surface area contributed by atoms with Crippen LogP contribution in [0.5, 0.6) is 0 Å². The summed E-state index contributed by atoms with van der Waals surface area (Å²) in [6.45, 7) is 6.27. The van der Waals surface area contributed by atoms with Gasteiger partial charge in [-0.15, -0.1) is 11.3 Å². The van der Waals surface area contributed by atoms with Crippen molar-refractivity contribution in [2.24, 2.45) is 11.7 Å². The highest BCUT2D eigenvalue weighted by Crippen LogP contribution is 2.43. The number of thiophene rings is 1. The van der Waals surface area contributed by atoms with E-state index in [1.54, 1.807) is 11.3 Å². The first-order valence-electron chi connectivity index (χ1n) is 8.77. The predicted molar refractivity (Wildman–Crippen MR) is 104 cm³/mol. The van der Waals surface area contributed by atoms with E-state index in [0.29, 0.717) is 11.5 Å². The van der Waals surface area contributed by atoms with Gasteiger partial charge >= 0.3 is 0 Å². The average Bonchev–Trinajstić information content (AvgIpc) is 2.89. The molecule has 4 heteroatoms. The zero-order chi connectivity index (χ0) is 17.7. The van der Waals surface area contributed by atoms with E-state index >= 15 is 0 Å². The smallest absolute Gasteiger partial charge is 0.251 e. The molecule has 0 radical (unpaired) electrons. The van der Waals surface area contributed by atoms with Crippen molar-refractivity contribution in [2.75, 3.05) is 0 Å². The molecular formula is C21H22N2OS. The number of primary amides is 1. The second kappa shape index (κ2) is 5.95. The van der Waals surface area contributed by atoms with Crippen LogP contribution in [0.4, 0.5) is 0 Å². The van der Waals surface area contributed by atoms with Gasteiger partial charge in [0, 0.05) is 15.8 Å². The van der Waals surface area contributed by atoms with Gasteiger partial charge in [-0.2, -0.15) is 0 Å². The molecule has 1 aliphatic rings. The highest BCUT2D eigenvalue weighted by molar-refractivity contribution is 7.19. The predicted octanol–water partition coefficient (Wildman–Crippen LogP) is 4.80. The fourth-order valence-electron chi connectivity index (χ4n) is 3.98. The van der Waals surface area contributed by atoms with Crippen molar-refractivity contribution >= 4 is 27.5 Å². The Hall–Kier alpha value is -2.20. The number of pyridine rings is 1. The molecular weight excluding hydrogens is 328 g/mol. The summed E-state index contributed by atoms with van der Waals surface area (Å²) in [7, 11) is 0. The Balaban J connectivity index is 2.13. The molecule has 0 bridgehead atoms. The Labute approximate surface area is 151 Å². The van der Waals surface area contributed by atoms with Crippen LogP contribution in [0, 0.1) is 19.8 Å². The molecule has 0 saturated carbocycles. The van der Waals surface area contributed by atoms with Gasteiger partial charge in [-0.1, -0.05) is 36.8 Å². The van der Waals surface area contributed by atoms with E-state index in [0.717, 1.165) is 39.9 Å². The second-order valence-corrected chi connectivity index (χ2v) is 8.30. The Morgan fingerprint density at radius 2 is 2.12 bits per heavy atom. The number of nitrogens with two attached hydrogens (primary N) is 1. The fourth-order valence-corrected chi connectivity index (χ4v) is 5.42. The van der Waals surface area contributed by atoms with Crippen molar-refractivity contribution in [2.45, 2.75) is 40.0 Å². The van der Waals surface area contributed by atoms with Gasteiger partial charge in [0.2, 0.25) is 0 Å². The number of carbonyl (C=O) groups excluding carboxylic acids is 1. The molecule has 2 heterocycles. The molecule has 3 aromatic rings. The van der Waals surface area contributed by atoms with Crippen LogP contribution in [-0.2, 0) is 12.8 Å². The maximum absolute atomic E-state index is 12.3. The minimum Gasteiger partial charge on any atom is -0.366 e.